The standard InChI is InChI=1S/C20H21N3O4/c1-3-4-12-26-17-7-5-6-15(13-17)18(24)21-20-23-22-19(27-20)14-8-10-16(25-2)11-9-14/h5-11,13H,3-4,12H2,1-2H3,(H,21,23,24). The fraction of sp³-hybridized carbons (Fsp3) is 0.250. The molecule has 0 radical (unpaired) electrons. The molecule has 0 spiro atoms. The lowest BCUT2D eigenvalue weighted by molar-refractivity contribution is 0.102. The van der Waals surface area contributed by atoms with E-state index in [9.17, 15) is 4.79 Å². The Balaban J connectivity index is 1.66. The lowest BCUT2D eigenvalue weighted by Crippen LogP contribution is -2.12. The Morgan fingerprint density at radius 3 is 2.67 bits per heavy atom. The number of ether oxygens (including phenoxy) is 2. The van der Waals surface area contributed by atoms with Crippen molar-refractivity contribution in [3.63, 3.8) is 0 Å². The van der Waals surface area contributed by atoms with E-state index in [1.807, 2.05) is 6.07 Å². The first-order valence-corrected chi connectivity index (χ1v) is 8.71. The van der Waals surface area contributed by atoms with Crippen LogP contribution in [0, 0.1) is 0 Å². The van der Waals surface area contributed by atoms with Gasteiger partial charge in [0.1, 0.15) is 11.5 Å². The zero-order chi connectivity index (χ0) is 19.1. The quantitative estimate of drug-likeness (QED) is 0.601. The monoisotopic (exact) mass is 367 g/mol. The third-order valence-corrected chi connectivity index (χ3v) is 3.85. The maximum Gasteiger partial charge on any atom is 0.322 e. The highest BCUT2D eigenvalue weighted by molar-refractivity contribution is 6.03. The molecule has 0 saturated carbocycles. The minimum Gasteiger partial charge on any atom is -0.497 e. The van der Waals surface area contributed by atoms with E-state index in [2.05, 4.69) is 22.4 Å². The first-order valence-electron chi connectivity index (χ1n) is 8.71. The maximum absolute atomic E-state index is 12.4. The van der Waals surface area contributed by atoms with Gasteiger partial charge in [0, 0.05) is 11.1 Å². The number of amides is 1. The van der Waals surface area contributed by atoms with Gasteiger partial charge in [-0.3, -0.25) is 10.1 Å². The molecule has 0 aliphatic heterocycles. The predicted molar refractivity (Wildman–Crippen MR) is 101 cm³/mol. The Morgan fingerprint density at radius 1 is 1.11 bits per heavy atom. The van der Waals surface area contributed by atoms with E-state index in [0.29, 0.717) is 23.8 Å². The normalized spacial score (nSPS) is 10.4. The zero-order valence-electron chi connectivity index (χ0n) is 15.3. The number of rotatable bonds is 8. The van der Waals surface area contributed by atoms with Gasteiger partial charge in [0.15, 0.2) is 0 Å². The summed E-state index contributed by atoms with van der Waals surface area (Å²) in [5.74, 6) is 1.35. The van der Waals surface area contributed by atoms with Crippen LogP contribution < -0.4 is 14.8 Å². The summed E-state index contributed by atoms with van der Waals surface area (Å²) in [4.78, 5) is 12.4. The molecule has 1 aromatic heterocycles. The average molecular weight is 367 g/mol. The van der Waals surface area contributed by atoms with Gasteiger partial charge in [-0.2, -0.15) is 0 Å². The number of hydrogen-bond acceptors (Lipinski definition) is 6. The fourth-order valence-corrected chi connectivity index (χ4v) is 2.35. The Labute approximate surface area is 157 Å². The molecule has 0 fully saturated rings. The highest BCUT2D eigenvalue weighted by Gasteiger charge is 2.13. The molecular weight excluding hydrogens is 346 g/mol. The first kappa shape index (κ1) is 18.4. The summed E-state index contributed by atoms with van der Waals surface area (Å²) in [6, 6.07) is 14.2. The molecule has 27 heavy (non-hydrogen) atoms. The van der Waals surface area contributed by atoms with Gasteiger partial charge in [-0.25, -0.2) is 0 Å². The van der Waals surface area contributed by atoms with E-state index in [-0.39, 0.29) is 11.9 Å². The Kier molecular flexibility index (Phi) is 6.04. The van der Waals surface area contributed by atoms with Gasteiger partial charge >= 0.3 is 6.01 Å². The summed E-state index contributed by atoms with van der Waals surface area (Å²) >= 11 is 0. The van der Waals surface area contributed by atoms with Crippen LogP contribution in [0.3, 0.4) is 0 Å². The minimum absolute atomic E-state index is 0.0307. The van der Waals surface area contributed by atoms with Gasteiger partial charge in [-0.15, -0.1) is 5.10 Å². The second-order valence-corrected chi connectivity index (χ2v) is 5.82. The van der Waals surface area contributed by atoms with Crippen molar-refractivity contribution in [2.45, 2.75) is 19.8 Å². The van der Waals surface area contributed by atoms with Crippen molar-refractivity contribution in [1.82, 2.24) is 10.2 Å². The van der Waals surface area contributed by atoms with Crippen LogP contribution in [-0.4, -0.2) is 29.8 Å². The number of aromatic nitrogens is 2. The second-order valence-electron chi connectivity index (χ2n) is 5.82. The molecule has 1 heterocycles. The summed E-state index contributed by atoms with van der Waals surface area (Å²) in [5.41, 5.74) is 1.18. The fourth-order valence-electron chi connectivity index (χ4n) is 2.35. The van der Waals surface area contributed by atoms with Crippen LogP contribution in [0.25, 0.3) is 11.5 Å². The van der Waals surface area contributed by atoms with Crippen molar-refractivity contribution < 1.29 is 18.7 Å². The number of anilines is 1. The molecule has 1 N–H and O–H groups in total. The van der Waals surface area contributed by atoms with E-state index in [1.165, 1.54) is 0 Å². The zero-order valence-corrected chi connectivity index (χ0v) is 15.3. The SMILES string of the molecule is CCCCOc1cccc(C(=O)Nc2nnc(-c3ccc(OC)cc3)o2)c1. The summed E-state index contributed by atoms with van der Waals surface area (Å²) in [6.45, 7) is 2.72. The Bertz CT molecular complexity index is 890. The lowest BCUT2D eigenvalue weighted by Gasteiger charge is -2.07. The molecule has 2 aromatic carbocycles. The van der Waals surface area contributed by atoms with Crippen LogP contribution in [0.2, 0.25) is 0 Å². The number of nitrogens with one attached hydrogen (secondary N) is 1. The molecule has 7 heteroatoms. The van der Waals surface area contributed by atoms with Gasteiger partial charge in [-0.1, -0.05) is 24.5 Å². The number of methoxy groups -OCH3 is 1. The lowest BCUT2D eigenvalue weighted by atomic mass is 10.2. The molecule has 140 valence electrons. The molecule has 0 bridgehead atoms. The average Bonchev–Trinajstić information content (AvgIpc) is 3.17. The van der Waals surface area contributed by atoms with Crippen LogP contribution in [0.5, 0.6) is 11.5 Å². The van der Waals surface area contributed by atoms with Gasteiger partial charge in [0.25, 0.3) is 5.91 Å². The summed E-state index contributed by atoms with van der Waals surface area (Å²) in [7, 11) is 1.60. The van der Waals surface area contributed by atoms with Crippen molar-refractivity contribution in [1.29, 1.82) is 0 Å². The van der Waals surface area contributed by atoms with E-state index in [1.54, 1.807) is 49.6 Å². The van der Waals surface area contributed by atoms with E-state index in [0.717, 1.165) is 24.2 Å². The van der Waals surface area contributed by atoms with Crippen molar-refractivity contribution in [2.75, 3.05) is 19.0 Å². The molecule has 1 amide bonds. The largest absolute Gasteiger partial charge is 0.497 e. The minimum atomic E-state index is -0.346. The summed E-state index contributed by atoms with van der Waals surface area (Å²) < 4.78 is 16.3. The smallest absolute Gasteiger partial charge is 0.322 e. The van der Waals surface area contributed by atoms with E-state index >= 15 is 0 Å². The highest BCUT2D eigenvalue weighted by atomic mass is 16.5. The molecule has 0 atom stereocenters. The molecule has 0 saturated heterocycles. The van der Waals surface area contributed by atoms with Gasteiger partial charge in [0.05, 0.1) is 13.7 Å². The number of carbonyl (C=O) groups is 1. The molecule has 3 aromatic rings. The number of hydrogen-bond donors (Lipinski definition) is 1. The third-order valence-electron chi connectivity index (χ3n) is 3.85. The first-order chi connectivity index (χ1) is 13.2. The van der Waals surface area contributed by atoms with Gasteiger partial charge in [-0.05, 0) is 48.9 Å². The van der Waals surface area contributed by atoms with E-state index in [4.69, 9.17) is 13.9 Å². The van der Waals surface area contributed by atoms with Crippen LogP contribution in [0.15, 0.2) is 52.9 Å². The van der Waals surface area contributed by atoms with Crippen molar-refractivity contribution >= 4 is 11.9 Å². The topological polar surface area (TPSA) is 86.5 Å². The van der Waals surface area contributed by atoms with Crippen LogP contribution >= 0.6 is 0 Å². The summed E-state index contributed by atoms with van der Waals surface area (Å²) in [5, 5.41) is 10.4. The number of carbonyl (C=O) groups excluding carboxylic acids is 1. The Morgan fingerprint density at radius 2 is 1.93 bits per heavy atom. The molecule has 3 rings (SSSR count). The second kappa shape index (κ2) is 8.84. The van der Waals surface area contributed by atoms with Crippen molar-refractivity contribution in [2.24, 2.45) is 0 Å². The Hall–Kier alpha value is -3.35. The molecule has 7 nitrogen and oxygen atoms in total. The number of nitrogens with zero attached hydrogens (tertiary/aromatic N) is 2. The van der Waals surface area contributed by atoms with Gasteiger partial charge in [0.2, 0.25) is 5.89 Å². The molecule has 0 aliphatic carbocycles. The maximum atomic E-state index is 12.4. The van der Waals surface area contributed by atoms with Crippen LogP contribution in [0.1, 0.15) is 30.1 Å². The molecular formula is C20H21N3O4. The predicted octanol–water partition coefficient (Wildman–Crippen LogP) is 4.18. The van der Waals surface area contributed by atoms with Crippen LogP contribution in [0.4, 0.5) is 6.01 Å². The van der Waals surface area contributed by atoms with Crippen LogP contribution in [-0.2, 0) is 0 Å². The third kappa shape index (κ3) is 4.84. The molecule has 0 unspecified atom stereocenters. The summed E-state index contributed by atoms with van der Waals surface area (Å²) in [6.07, 6.45) is 2.01. The van der Waals surface area contributed by atoms with Crippen molar-refractivity contribution in [3.05, 3.63) is 54.1 Å². The van der Waals surface area contributed by atoms with E-state index < -0.39 is 0 Å². The highest BCUT2D eigenvalue weighted by Crippen LogP contribution is 2.23. The number of benzene rings is 2. The van der Waals surface area contributed by atoms with Gasteiger partial charge < -0.3 is 13.9 Å². The number of unbranched alkanes of at least 4 members (excludes halogenated alkanes) is 1. The van der Waals surface area contributed by atoms with Crippen molar-refractivity contribution in [3.8, 4) is 23.0 Å². The molecule has 0 aliphatic rings.